The third kappa shape index (κ3) is 4.01. The largest absolute Gasteiger partial charge is 0.303 e. The molecule has 0 N–H and O–H groups in total. The number of aldehydes is 1. The molecular formula is C5H7Cl3O. The van der Waals surface area contributed by atoms with Gasteiger partial charge in [0.15, 0.2) is 3.79 Å². The number of hydrogen-bond acceptors (Lipinski definition) is 1. The van der Waals surface area contributed by atoms with Gasteiger partial charge in [0.25, 0.3) is 0 Å². The van der Waals surface area contributed by atoms with Gasteiger partial charge in [-0.05, 0) is 0 Å². The molecule has 0 amide bonds. The number of halogens is 3. The van der Waals surface area contributed by atoms with Gasteiger partial charge < -0.3 is 4.79 Å². The van der Waals surface area contributed by atoms with E-state index in [0.29, 0.717) is 0 Å². The summed E-state index contributed by atoms with van der Waals surface area (Å²) < 4.78 is -1.30. The summed E-state index contributed by atoms with van der Waals surface area (Å²) in [6, 6.07) is 0. The SMILES string of the molecule is C[C@H](CC=O)C(Cl)(Cl)Cl. The fourth-order valence-electron chi connectivity index (χ4n) is 0.278. The van der Waals surface area contributed by atoms with Crippen molar-refractivity contribution < 1.29 is 4.79 Å². The third-order valence-corrected chi connectivity index (χ3v) is 2.13. The van der Waals surface area contributed by atoms with Crippen molar-refractivity contribution in [1.29, 1.82) is 0 Å². The summed E-state index contributed by atoms with van der Waals surface area (Å²) in [5.74, 6) is -0.208. The van der Waals surface area contributed by atoms with Gasteiger partial charge in [-0.15, -0.1) is 0 Å². The maximum atomic E-state index is 9.89. The zero-order valence-corrected chi connectivity index (χ0v) is 7.17. The highest BCUT2D eigenvalue weighted by atomic mass is 35.6. The van der Waals surface area contributed by atoms with E-state index < -0.39 is 3.79 Å². The Bertz CT molecular complexity index is 96.9. The summed E-state index contributed by atoms with van der Waals surface area (Å²) >= 11 is 16.3. The topological polar surface area (TPSA) is 17.1 Å². The van der Waals surface area contributed by atoms with Gasteiger partial charge >= 0.3 is 0 Å². The summed E-state index contributed by atoms with van der Waals surface area (Å²) in [7, 11) is 0. The molecule has 0 aromatic carbocycles. The van der Waals surface area contributed by atoms with Crippen LogP contribution in [-0.4, -0.2) is 10.1 Å². The molecule has 0 aromatic heterocycles. The van der Waals surface area contributed by atoms with E-state index in [4.69, 9.17) is 34.8 Å². The lowest BCUT2D eigenvalue weighted by Gasteiger charge is -2.16. The second kappa shape index (κ2) is 3.65. The molecule has 0 heterocycles. The molecular weight excluding hydrogens is 182 g/mol. The van der Waals surface area contributed by atoms with Crippen molar-refractivity contribution in [3.8, 4) is 0 Å². The predicted molar refractivity (Wildman–Crippen MR) is 40.1 cm³/mol. The monoisotopic (exact) mass is 188 g/mol. The standard InChI is InChI=1S/C5H7Cl3O/c1-4(2-3-9)5(6,7)8/h3-4H,2H2,1H3/t4-/m1/s1. The van der Waals surface area contributed by atoms with Crippen molar-refractivity contribution in [3.05, 3.63) is 0 Å². The van der Waals surface area contributed by atoms with Gasteiger partial charge in [-0.3, -0.25) is 0 Å². The van der Waals surface area contributed by atoms with Crippen LogP contribution < -0.4 is 0 Å². The Hall–Kier alpha value is 0.540. The van der Waals surface area contributed by atoms with E-state index in [9.17, 15) is 4.79 Å². The van der Waals surface area contributed by atoms with Crippen LogP contribution in [0, 0.1) is 5.92 Å². The summed E-state index contributed by atoms with van der Waals surface area (Å²) in [5, 5.41) is 0. The molecule has 54 valence electrons. The van der Waals surface area contributed by atoms with Crippen LogP contribution in [0.25, 0.3) is 0 Å². The minimum Gasteiger partial charge on any atom is -0.303 e. The summed E-state index contributed by atoms with van der Waals surface area (Å²) in [5.41, 5.74) is 0. The van der Waals surface area contributed by atoms with Crippen LogP contribution in [-0.2, 0) is 4.79 Å². The average Bonchev–Trinajstić information content (AvgIpc) is 1.64. The number of carbonyl (C=O) groups is 1. The molecule has 1 nitrogen and oxygen atoms in total. The number of rotatable bonds is 2. The minimum absolute atomic E-state index is 0.208. The molecule has 9 heavy (non-hydrogen) atoms. The van der Waals surface area contributed by atoms with Crippen LogP contribution in [0.4, 0.5) is 0 Å². The van der Waals surface area contributed by atoms with Crippen LogP contribution in [0.1, 0.15) is 13.3 Å². The van der Waals surface area contributed by atoms with Crippen molar-refractivity contribution in [2.45, 2.75) is 17.1 Å². The Morgan fingerprint density at radius 3 is 2.11 bits per heavy atom. The molecule has 0 aliphatic carbocycles. The molecule has 0 rings (SSSR count). The van der Waals surface area contributed by atoms with Crippen molar-refractivity contribution in [3.63, 3.8) is 0 Å². The maximum Gasteiger partial charge on any atom is 0.193 e. The molecule has 0 spiro atoms. The van der Waals surface area contributed by atoms with Gasteiger partial charge in [0.1, 0.15) is 6.29 Å². The van der Waals surface area contributed by atoms with Gasteiger partial charge in [-0.2, -0.15) is 0 Å². The second-order valence-corrected chi connectivity index (χ2v) is 4.21. The fourth-order valence-corrected chi connectivity index (χ4v) is 0.545. The number of alkyl halides is 3. The number of carbonyl (C=O) groups excluding carboxylic acids is 1. The van der Waals surface area contributed by atoms with Gasteiger partial charge in [0, 0.05) is 12.3 Å². The highest BCUT2D eigenvalue weighted by Gasteiger charge is 2.27. The van der Waals surface area contributed by atoms with Crippen LogP contribution in [0.15, 0.2) is 0 Å². The zero-order chi connectivity index (χ0) is 7.49. The molecule has 0 fully saturated rings. The van der Waals surface area contributed by atoms with Gasteiger partial charge in [0.2, 0.25) is 0 Å². The van der Waals surface area contributed by atoms with E-state index in [2.05, 4.69) is 0 Å². The van der Waals surface area contributed by atoms with Gasteiger partial charge in [-0.25, -0.2) is 0 Å². The molecule has 0 aromatic rings. The molecule has 0 bridgehead atoms. The summed E-state index contributed by atoms with van der Waals surface area (Å²) in [4.78, 5) is 9.89. The first-order chi connectivity index (χ1) is 3.98. The molecule has 0 unspecified atom stereocenters. The molecule has 0 aliphatic heterocycles. The highest BCUT2D eigenvalue weighted by molar-refractivity contribution is 6.67. The molecule has 1 atom stereocenters. The minimum atomic E-state index is -1.30. The van der Waals surface area contributed by atoms with E-state index in [0.717, 1.165) is 6.29 Å². The molecule has 0 saturated carbocycles. The second-order valence-electron chi connectivity index (χ2n) is 1.85. The highest BCUT2D eigenvalue weighted by Crippen LogP contribution is 2.35. The van der Waals surface area contributed by atoms with Crippen molar-refractivity contribution in [1.82, 2.24) is 0 Å². The lowest BCUT2D eigenvalue weighted by atomic mass is 10.1. The lowest BCUT2D eigenvalue weighted by molar-refractivity contribution is -0.108. The molecule has 0 aliphatic rings. The van der Waals surface area contributed by atoms with Gasteiger partial charge in [-0.1, -0.05) is 41.7 Å². The van der Waals surface area contributed by atoms with Crippen LogP contribution >= 0.6 is 34.8 Å². The summed E-state index contributed by atoms with van der Waals surface area (Å²) in [6.45, 7) is 1.71. The first kappa shape index (κ1) is 9.54. The zero-order valence-electron chi connectivity index (χ0n) is 4.90. The van der Waals surface area contributed by atoms with E-state index >= 15 is 0 Å². The molecule has 0 saturated heterocycles. The third-order valence-electron chi connectivity index (χ3n) is 1.01. The fraction of sp³-hybridized carbons (Fsp3) is 0.800. The van der Waals surface area contributed by atoms with Gasteiger partial charge in [0.05, 0.1) is 0 Å². The molecule has 0 radical (unpaired) electrons. The molecule has 4 heteroatoms. The van der Waals surface area contributed by atoms with E-state index in [1.807, 2.05) is 0 Å². The van der Waals surface area contributed by atoms with Crippen molar-refractivity contribution in [2.24, 2.45) is 5.92 Å². The van der Waals surface area contributed by atoms with Crippen molar-refractivity contribution >= 4 is 41.1 Å². The Labute approximate surface area is 69.3 Å². The first-order valence-electron chi connectivity index (χ1n) is 2.49. The van der Waals surface area contributed by atoms with E-state index in [1.165, 1.54) is 0 Å². The lowest BCUT2D eigenvalue weighted by Crippen LogP contribution is -2.15. The Kier molecular flexibility index (Phi) is 3.86. The smallest absolute Gasteiger partial charge is 0.193 e. The predicted octanol–water partition coefficient (Wildman–Crippen LogP) is 2.58. The van der Waals surface area contributed by atoms with Crippen LogP contribution in [0.5, 0.6) is 0 Å². The maximum absolute atomic E-state index is 9.89. The quantitative estimate of drug-likeness (QED) is 0.482. The first-order valence-corrected chi connectivity index (χ1v) is 3.62. The normalized spacial score (nSPS) is 15.1. The van der Waals surface area contributed by atoms with E-state index in [1.54, 1.807) is 6.92 Å². The van der Waals surface area contributed by atoms with Crippen LogP contribution in [0.2, 0.25) is 0 Å². The number of hydrogen-bond donors (Lipinski definition) is 0. The Morgan fingerprint density at radius 2 is 2.00 bits per heavy atom. The van der Waals surface area contributed by atoms with E-state index in [-0.39, 0.29) is 12.3 Å². The Morgan fingerprint density at radius 1 is 1.56 bits per heavy atom. The average molecular weight is 189 g/mol. The summed E-state index contributed by atoms with van der Waals surface area (Å²) in [6.07, 6.45) is 1.03. The Balaban J connectivity index is 3.72. The van der Waals surface area contributed by atoms with Crippen LogP contribution in [0.3, 0.4) is 0 Å². The van der Waals surface area contributed by atoms with Crippen molar-refractivity contribution in [2.75, 3.05) is 0 Å².